The van der Waals surface area contributed by atoms with E-state index in [2.05, 4.69) is 87.9 Å². The molecule has 4 nitrogen and oxygen atoms in total. The molecule has 0 spiro atoms. The number of para-hydroxylation sites is 2. The van der Waals surface area contributed by atoms with E-state index in [1.165, 1.54) is 15.3 Å². The summed E-state index contributed by atoms with van der Waals surface area (Å²) in [5.74, 6) is 7.18. The van der Waals surface area contributed by atoms with Crippen LogP contribution in [-0.4, -0.2) is 23.2 Å². The standard InChI is InChI=1S/C23H14NO.C20H18GeNO.Ir/c1-2-7-16(8-3-1)17-9-6-10-18(13-17)21-14-23-20(15-24-21)19-11-4-5-12-22(19)25-23;1-21(2,3)17-11-7-10-15-16-13-22-18(12-19(16)23-20(15)17)14-8-5-4-6-9-14;/h1-9,11-15H;4-8,10-13H,1-3H3;/q2*-1;. The van der Waals surface area contributed by atoms with Gasteiger partial charge in [-0.2, -0.15) is 0 Å². The SMILES string of the molecule is [CH3][Ge]([CH3])([CH3])[c]1cccc2c1oc1cc(-c3[c-]cccc3)ncc12.[Ir].[c-]1ccc(-c2ccccc2)cc1-c1cc2oc3ccccc3c2cn1. The molecule has 6 heteroatoms. The number of nitrogens with zero attached hydrogens (tertiary/aromatic N) is 2. The van der Waals surface area contributed by atoms with Crippen LogP contribution < -0.4 is 4.40 Å². The molecule has 0 fully saturated rings. The minimum absolute atomic E-state index is 0. The van der Waals surface area contributed by atoms with E-state index < -0.39 is 13.3 Å². The Labute approximate surface area is 301 Å². The molecule has 0 aliphatic carbocycles. The van der Waals surface area contributed by atoms with E-state index in [4.69, 9.17) is 8.83 Å². The maximum absolute atomic E-state index is 6.27. The fourth-order valence-corrected chi connectivity index (χ4v) is 9.24. The quantitative estimate of drug-likeness (QED) is 0.131. The largest absolute Gasteiger partial charge is 0.457 e. The van der Waals surface area contributed by atoms with Gasteiger partial charge in [-0.15, -0.1) is 35.4 Å². The van der Waals surface area contributed by atoms with Gasteiger partial charge < -0.3 is 9.40 Å². The summed E-state index contributed by atoms with van der Waals surface area (Å²) in [4.78, 5) is 9.26. The van der Waals surface area contributed by atoms with E-state index in [0.29, 0.717) is 0 Å². The molecule has 0 unspecified atom stereocenters. The normalized spacial score (nSPS) is 11.4. The molecule has 9 aromatic rings. The monoisotopic (exact) mass is 875 g/mol. The van der Waals surface area contributed by atoms with Crippen LogP contribution in [0.5, 0.6) is 0 Å². The molecule has 0 saturated carbocycles. The van der Waals surface area contributed by atoms with Gasteiger partial charge in [0.25, 0.3) is 0 Å². The van der Waals surface area contributed by atoms with Crippen molar-refractivity contribution in [3.63, 3.8) is 0 Å². The molecule has 0 atom stereocenters. The summed E-state index contributed by atoms with van der Waals surface area (Å²) in [5.41, 5.74) is 9.74. The van der Waals surface area contributed by atoms with Gasteiger partial charge in [0.05, 0.1) is 0 Å². The van der Waals surface area contributed by atoms with Crippen molar-refractivity contribution >= 4 is 61.5 Å². The van der Waals surface area contributed by atoms with Crippen molar-refractivity contribution in [3.8, 4) is 33.6 Å². The molecule has 1 radical (unpaired) electrons. The van der Waals surface area contributed by atoms with E-state index in [9.17, 15) is 0 Å². The Morgan fingerprint density at radius 3 is 1.92 bits per heavy atom. The summed E-state index contributed by atoms with van der Waals surface area (Å²) < 4.78 is 13.6. The van der Waals surface area contributed by atoms with Crippen LogP contribution in [0, 0.1) is 12.1 Å². The van der Waals surface area contributed by atoms with E-state index in [-0.39, 0.29) is 20.1 Å². The van der Waals surface area contributed by atoms with Crippen LogP contribution in [0.4, 0.5) is 0 Å². The molecule has 241 valence electrons. The second-order valence-corrected chi connectivity index (χ2v) is 23.5. The van der Waals surface area contributed by atoms with Crippen molar-refractivity contribution in [2.45, 2.75) is 17.3 Å². The van der Waals surface area contributed by atoms with Crippen LogP contribution in [-0.2, 0) is 20.1 Å². The van der Waals surface area contributed by atoms with Crippen molar-refractivity contribution in [2.75, 3.05) is 0 Å². The first kappa shape index (κ1) is 32.7. The van der Waals surface area contributed by atoms with Crippen molar-refractivity contribution in [1.82, 2.24) is 9.97 Å². The average Bonchev–Trinajstić information content (AvgIpc) is 3.70. The summed E-state index contributed by atoms with van der Waals surface area (Å²) in [6.07, 6.45) is 3.82. The summed E-state index contributed by atoms with van der Waals surface area (Å²) in [7, 11) is 0. The molecule has 0 bridgehead atoms. The average molecular weight is 874 g/mol. The molecule has 4 aromatic heterocycles. The van der Waals surface area contributed by atoms with Crippen molar-refractivity contribution in [2.24, 2.45) is 0 Å². The number of hydrogen-bond donors (Lipinski definition) is 0. The number of aromatic nitrogens is 2. The number of furan rings is 2. The molecule has 4 heterocycles. The molecule has 0 N–H and O–H groups in total. The Morgan fingerprint density at radius 2 is 1.16 bits per heavy atom. The first-order valence-corrected chi connectivity index (χ1v) is 23.4. The first-order chi connectivity index (χ1) is 23.4. The molecular formula is C43H32GeIrN2O2-2. The predicted octanol–water partition coefficient (Wildman–Crippen LogP) is 11.1. The van der Waals surface area contributed by atoms with Crippen molar-refractivity contribution < 1.29 is 28.9 Å². The molecule has 9 rings (SSSR count). The van der Waals surface area contributed by atoms with Crippen LogP contribution in [0.15, 0.2) is 149 Å². The number of pyridine rings is 2. The van der Waals surface area contributed by atoms with Crippen LogP contribution in [0.3, 0.4) is 0 Å². The summed E-state index contributed by atoms with van der Waals surface area (Å²) in [6.45, 7) is 0. The molecule has 0 amide bonds. The van der Waals surface area contributed by atoms with Crippen molar-refractivity contribution in [3.05, 3.63) is 152 Å². The van der Waals surface area contributed by atoms with Crippen LogP contribution in [0.25, 0.3) is 77.5 Å². The minimum Gasteiger partial charge on any atom is -0.457 e. The minimum atomic E-state index is -1.98. The van der Waals surface area contributed by atoms with E-state index in [0.717, 1.165) is 66.6 Å². The second-order valence-electron chi connectivity index (χ2n) is 12.9. The van der Waals surface area contributed by atoms with E-state index in [1.807, 2.05) is 91.3 Å². The number of benzene rings is 5. The molecule has 0 aliphatic rings. The zero-order valence-corrected chi connectivity index (χ0v) is 31.8. The zero-order valence-electron chi connectivity index (χ0n) is 27.3. The fourth-order valence-electron chi connectivity index (χ4n) is 6.18. The van der Waals surface area contributed by atoms with Gasteiger partial charge in [0.1, 0.15) is 11.2 Å². The number of fused-ring (bicyclic) bond motifs is 6. The van der Waals surface area contributed by atoms with Crippen molar-refractivity contribution in [1.29, 1.82) is 0 Å². The Morgan fingerprint density at radius 1 is 0.510 bits per heavy atom. The van der Waals surface area contributed by atoms with Crippen LogP contribution in [0.1, 0.15) is 0 Å². The Kier molecular flexibility index (Phi) is 9.08. The van der Waals surface area contributed by atoms with Gasteiger partial charge in [-0.25, -0.2) is 0 Å². The third-order valence-corrected chi connectivity index (χ3v) is 12.8. The molecular weight excluding hydrogens is 841 g/mol. The molecule has 49 heavy (non-hydrogen) atoms. The Balaban J connectivity index is 0.000000152. The van der Waals surface area contributed by atoms with Gasteiger partial charge in [0.15, 0.2) is 0 Å². The molecule has 0 saturated heterocycles. The Hall–Kier alpha value is -4.81. The molecule has 0 aliphatic heterocycles. The molecule has 5 aromatic carbocycles. The predicted molar refractivity (Wildman–Crippen MR) is 200 cm³/mol. The smallest absolute Gasteiger partial charge is 0.135 e. The van der Waals surface area contributed by atoms with Gasteiger partial charge in [0.2, 0.25) is 0 Å². The van der Waals surface area contributed by atoms with E-state index >= 15 is 0 Å². The third-order valence-electron chi connectivity index (χ3n) is 8.62. The van der Waals surface area contributed by atoms with Crippen LogP contribution in [0.2, 0.25) is 17.3 Å². The Bertz CT molecular complexity index is 2550. The topological polar surface area (TPSA) is 52.1 Å². The van der Waals surface area contributed by atoms with Crippen LogP contribution >= 0.6 is 0 Å². The number of rotatable bonds is 4. The van der Waals surface area contributed by atoms with Gasteiger partial charge in [-0.05, 0) is 23.4 Å². The van der Waals surface area contributed by atoms with Gasteiger partial charge in [-0.1, -0.05) is 48.5 Å². The van der Waals surface area contributed by atoms with E-state index in [1.54, 1.807) is 0 Å². The maximum atomic E-state index is 6.27. The summed E-state index contributed by atoms with van der Waals surface area (Å²) >= 11 is -1.98. The van der Waals surface area contributed by atoms with Gasteiger partial charge in [0, 0.05) is 37.1 Å². The maximum Gasteiger partial charge on any atom is 0.135 e. The summed E-state index contributed by atoms with van der Waals surface area (Å²) in [5, 5.41) is 4.40. The van der Waals surface area contributed by atoms with Gasteiger partial charge >= 0.3 is 138 Å². The first-order valence-electron chi connectivity index (χ1n) is 16.1. The van der Waals surface area contributed by atoms with Gasteiger partial charge in [-0.3, -0.25) is 0 Å². The zero-order chi connectivity index (χ0) is 32.7. The second kappa shape index (κ2) is 13.6. The summed E-state index contributed by atoms with van der Waals surface area (Å²) in [6, 6.07) is 49.4. The third kappa shape index (κ3) is 6.50. The number of hydrogen-bond acceptors (Lipinski definition) is 4. The fraction of sp³-hybridized carbons (Fsp3) is 0.0698.